The number of hydrogen-bond donors (Lipinski definition) is 2. The fourth-order valence-corrected chi connectivity index (χ4v) is 3.89. The second-order valence-electron chi connectivity index (χ2n) is 9.41. The van der Waals surface area contributed by atoms with Crippen LogP contribution in [0.15, 0.2) is 48.5 Å². The number of anilines is 2. The van der Waals surface area contributed by atoms with E-state index in [9.17, 15) is 9.59 Å². The molecule has 35 heavy (non-hydrogen) atoms. The second kappa shape index (κ2) is 11.1. The van der Waals surface area contributed by atoms with E-state index in [1.54, 1.807) is 22.9 Å². The van der Waals surface area contributed by atoms with Crippen LogP contribution in [0.3, 0.4) is 0 Å². The number of urea groups is 1. The van der Waals surface area contributed by atoms with Crippen LogP contribution in [-0.2, 0) is 10.2 Å². The van der Waals surface area contributed by atoms with Crippen molar-refractivity contribution in [1.82, 2.24) is 14.7 Å². The number of aryl methyl sites for hydroxylation is 1. The number of carbonyl (C=O) groups excluding carboxylic acids is 2. The normalized spacial score (nSPS) is 11.3. The number of carbonyl (C=O) groups is 2. The van der Waals surface area contributed by atoms with Gasteiger partial charge in [-0.15, -0.1) is 0 Å². The number of rotatable bonds is 7. The van der Waals surface area contributed by atoms with E-state index in [2.05, 4.69) is 31.4 Å². The van der Waals surface area contributed by atoms with Crippen molar-refractivity contribution >= 4 is 46.6 Å². The van der Waals surface area contributed by atoms with Crippen molar-refractivity contribution in [3.63, 3.8) is 0 Å². The summed E-state index contributed by atoms with van der Waals surface area (Å²) in [5.74, 6) is 0.197. The first kappa shape index (κ1) is 26.6. The zero-order valence-electron chi connectivity index (χ0n) is 20.7. The summed E-state index contributed by atoms with van der Waals surface area (Å²) in [7, 11) is 0. The highest BCUT2D eigenvalue weighted by Gasteiger charge is 2.23. The molecule has 0 bridgehead atoms. The van der Waals surface area contributed by atoms with Crippen LogP contribution < -0.4 is 10.6 Å². The lowest BCUT2D eigenvalue weighted by Crippen LogP contribution is -2.41. The largest absolute Gasteiger partial charge is 0.322 e. The SMILES string of the molecule is CCCN(CC(=O)Nc1cc(C(C)(C)C)nn1-c1ccc(C)cc1)C(=O)Nc1c(Cl)cccc1Cl. The predicted octanol–water partition coefficient (Wildman–Crippen LogP) is 6.67. The number of benzene rings is 2. The summed E-state index contributed by atoms with van der Waals surface area (Å²) in [6.45, 7) is 10.4. The Kier molecular flexibility index (Phi) is 8.46. The highest BCUT2D eigenvalue weighted by Crippen LogP contribution is 2.30. The lowest BCUT2D eigenvalue weighted by molar-refractivity contribution is -0.116. The molecule has 1 heterocycles. The summed E-state index contributed by atoms with van der Waals surface area (Å²) in [6, 6.07) is 14.3. The number of nitrogens with one attached hydrogen (secondary N) is 2. The molecule has 0 saturated heterocycles. The predicted molar refractivity (Wildman–Crippen MR) is 143 cm³/mol. The molecule has 3 rings (SSSR count). The number of para-hydroxylation sites is 1. The van der Waals surface area contributed by atoms with E-state index in [0.717, 1.165) is 16.9 Å². The number of amides is 3. The fourth-order valence-electron chi connectivity index (χ4n) is 3.40. The van der Waals surface area contributed by atoms with Gasteiger partial charge >= 0.3 is 6.03 Å². The third kappa shape index (κ3) is 6.77. The summed E-state index contributed by atoms with van der Waals surface area (Å²) < 4.78 is 1.71. The van der Waals surface area contributed by atoms with Crippen molar-refractivity contribution in [2.45, 2.75) is 46.5 Å². The van der Waals surface area contributed by atoms with Gasteiger partial charge in [-0.3, -0.25) is 4.79 Å². The van der Waals surface area contributed by atoms with Gasteiger partial charge in [0.2, 0.25) is 5.91 Å². The average Bonchev–Trinajstić information content (AvgIpc) is 3.20. The molecule has 0 aliphatic rings. The summed E-state index contributed by atoms with van der Waals surface area (Å²) in [5, 5.41) is 11.0. The second-order valence-corrected chi connectivity index (χ2v) is 10.2. The number of hydrogen-bond acceptors (Lipinski definition) is 3. The van der Waals surface area contributed by atoms with Crippen LogP contribution in [0.4, 0.5) is 16.3 Å². The maximum absolute atomic E-state index is 13.1. The Morgan fingerprint density at radius 1 is 1.03 bits per heavy atom. The summed E-state index contributed by atoms with van der Waals surface area (Å²) in [6.07, 6.45) is 0.673. The molecule has 0 unspecified atom stereocenters. The number of halogens is 2. The highest BCUT2D eigenvalue weighted by molar-refractivity contribution is 6.39. The van der Waals surface area contributed by atoms with Gasteiger partial charge in [0.25, 0.3) is 0 Å². The molecule has 1 aromatic heterocycles. The van der Waals surface area contributed by atoms with Crippen LogP contribution in [0, 0.1) is 6.92 Å². The third-order valence-corrected chi connectivity index (χ3v) is 5.96. The Morgan fingerprint density at radius 3 is 2.23 bits per heavy atom. The van der Waals surface area contributed by atoms with Gasteiger partial charge in [0.15, 0.2) is 0 Å². The van der Waals surface area contributed by atoms with E-state index in [-0.39, 0.29) is 17.9 Å². The molecule has 3 amide bonds. The molecule has 186 valence electrons. The Balaban J connectivity index is 1.81. The molecule has 0 radical (unpaired) electrons. The van der Waals surface area contributed by atoms with Crippen molar-refractivity contribution < 1.29 is 9.59 Å². The molecular formula is C26H31Cl2N5O2. The minimum absolute atomic E-state index is 0.147. The zero-order valence-corrected chi connectivity index (χ0v) is 22.2. The maximum atomic E-state index is 13.1. The first-order valence-electron chi connectivity index (χ1n) is 11.5. The van der Waals surface area contributed by atoms with Gasteiger partial charge in [-0.1, -0.05) is 74.7 Å². The molecule has 0 fully saturated rings. The zero-order chi connectivity index (χ0) is 25.8. The Hall–Kier alpha value is -3.03. The molecule has 2 N–H and O–H groups in total. The van der Waals surface area contributed by atoms with E-state index in [0.29, 0.717) is 34.5 Å². The van der Waals surface area contributed by atoms with E-state index >= 15 is 0 Å². The van der Waals surface area contributed by atoms with Crippen LogP contribution >= 0.6 is 23.2 Å². The quantitative estimate of drug-likeness (QED) is 0.368. The summed E-state index contributed by atoms with van der Waals surface area (Å²) in [5.41, 5.74) is 2.90. The molecule has 3 aromatic rings. The van der Waals surface area contributed by atoms with Crippen molar-refractivity contribution in [3.05, 3.63) is 69.8 Å². The van der Waals surface area contributed by atoms with E-state index in [1.165, 1.54) is 4.90 Å². The Morgan fingerprint density at radius 2 is 1.66 bits per heavy atom. The third-order valence-electron chi connectivity index (χ3n) is 5.33. The molecule has 0 aliphatic heterocycles. The highest BCUT2D eigenvalue weighted by atomic mass is 35.5. The lowest BCUT2D eigenvalue weighted by atomic mass is 9.92. The molecule has 9 heteroatoms. The van der Waals surface area contributed by atoms with Gasteiger partial charge in [0, 0.05) is 18.0 Å². The van der Waals surface area contributed by atoms with Crippen molar-refractivity contribution in [3.8, 4) is 5.69 Å². The first-order chi connectivity index (χ1) is 16.5. The number of nitrogens with zero attached hydrogens (tertiary/aromatic N) is 3. The van der Waals surface area contributed by atoms with Crippen LogP contribution in [0.5, 0.6) is 0 Å². The topological polar surface area (TPSA) is 79.3 Å². The van der Waals surface area contributed by atoms with Crippen LogP contribution in [0.25, 0.3) is 5.69 Å². The Bertz CT molecular complexity index is 1180. The van der Waals surface area contributed by atoms with Gasteiger partial charge in [0.05, 0.1) is 27.1 Å². The monoisotopic (exact) mass is 515 g/mol. The average molecular weight is 516 g/mol. The van der Waals surface area contributed by atoms with Gasteiger partial charge < -0.3 is 15.5 Å². The lowest BCUT2D eigenvalue weighted by Gasteiger charge is -2.23. The molecule has 0 saturated carbocycles. The van der Waals surface area contributed by atoms with Gasteiger partial charge in [-0.2, -0.15) is 5.10 Å². The van der Waals surface area contributed by atoms with Gasteiger partial charge in [-0.25, -0.2) is 9.48 Å². The number of aromatic nitrogens is 2. The Labute approximate surface area is 216 Å². The summed E-state index contributed by atoms with van der Waals surface area (Å²) in [4.78, 5) is 27.4. The van der Waals surface area contributed by atoms with Crippen LogP contribution in [0.1, 0.15) is 45.4 Å². The molecule has 0 spiro atoms. The van der Waals surface area contributed by atoms with Crippen molar-refractivity contribution in [2.24, 2.45) is 0 Å². The van der Waals surface area contributed by atoms with E-state index in [1.807, 2.05) is 44.2 Å². The fraction of sp³-hybridized carbons (Fsp3) is 0.346. The van der Waals surface area contributed by atoms with E-state index in [4.69, 9.17) is 28.3 Å². The molecular weight excluding hydrogens is 485 g/mol. The minimum atomic E-state index is -0.459. The van der Waals surface area contributed by atoms with Crippen molar-refractivity contribution in [2.75, 3.05) is 23.7 Å². The first-order valence-corrected chi connectivity index (χ1v) is 12.2. The molecule has 0 aliphatic carbocycles. The van der Waals surface area contributed by atoms with Crippen LogP contribution in [0.2, 0.25) is 10.0 Å². The smallest absolute Gasteiger partial charge is 0.315 e. The minimum Gasteiger partial charge on any atom is -0.315 e. The molecule has 2 aromatic carbocycles. The molecule has 0 atom stereocenters. The van der Waals surface area contributed by atoms with Gasteiger partial charge in [0.1, 0.15) is 12.4 Å². The van der Waals surface area contributed by atoms with E-state index < -0.39 is 6.03 Å². The van der Waals surface area contributed by atoms with Gasteiger partial charge in [-0.05, 0) is 37.6 Å². The maximum Gasteiger partial charge on any atom is 0.322 e. The summed E-state index contributed by atoms with van der Waals surface area (Å²) >= 11 is 12.4. The molecule has 7 nitrogen and oxygen atoms in total. The van der Waals surface area contributed by atoms with Crippen LogP contribution in [-0.4, -0.2) is 39.7 Å². The standard InChI is InChI=1S/C26H31Cl2N5O2/c1-6-14-32(25(35)30-24-19(27)8-7-9-20(24)28)16-23(34)29-22-15-21(26(3,4)5)31-33(22)18-12-10-17(2)11-13-18/h7-13,15H,6,14,16H2,1-5H3,(H,29,34)(H,30,35). The van der Waals surface area contributed by atoms with Crippen molar-refractivity contribution in [1.29, 1.82) is 0 Å².